The second-order valence-corrected chi connectivity index (χ2v) is 11.6. The van der Waals surface area contributed by atoms with Crippen molar-refractivity contribution < 1.29 is 45.6 Å². The number of nitrogens with zero attached hydrogens (tertiary/aromatic N) is 5. The molecule has 5 aromatic heterocycles. The third-order valence-corrected chi connectivity index (χ3v) is 8.50. The molecule has 8 nitrogen and oxygen atoms in total. The van der Waals surface area contributed by atoms with E-state index in [1.165, 1.54) is 22.7 Å². The molecule has 5 rings (SSSR count). The minimum Gasteiger partial charge on any atom is -1.00 e. The van der Waals surface area contributed by atoms with Crippen molar-refractivity contribution in [2.24, 2.45) is 0 Å². The number of rotatable bonds is 5. The maximum absolute atomic E-state index is 9.95. The van der Waals surface area contributed by atoms with Crippen molar-refractivity contribution in [2.45, 2.75) is 20.6 Å². The molecule has 1 N–H and O–H groups in total. The van der Waals surface area contributed by atoms with Gasteiger partial charge in [-0.2, -0.15) is 0 Å². The SMILES string of the molecule is C.Clc1nccc2cc(OCc3nc(Br)cs3)cnc12.O=Cc1nc(Br)cs1.OCc1nc(Br)cs1.[B].[H-].[Na+]. The Morgan fingerprint density at radius 3 is 2.08 bits per heavy atom. The molecule has 0 amide bonds. The zero-order chi connectivity index (χ0) is 25.2. The van der Waals surface area contributed by atoms with Gasteiger partial charge in [0.25, 0.3) is 0 Å². The first-order chi connectivity index (χ1) is 16.9. The van der Waals surface area contributed by atoms with Gasteiger partial charge in [0.15, 0.2) is 16.4 Å². The molecule has 0 saturated heterocycles. The third-order valence-electron chi connectivity index (χ3n) is 3.67. The largest absolute Gasteiger partial charge is 1.00 e. The van der Waals surface area contributed by atoms with Gasteiger partial charge in [-0.25, -0.2) is 24.9 Å². The minimum atomic E-state index is 0. The van der Waals surface area contributed by atoms with Gasteiger partial charge in [0.1, 0.15) is 41.7 Å². The Morgan fingerprint density at radius 1 is 1.00 bits per heavy atom. The summed E-state index contributed by atoms with van der Waals surface area (Å²) < 4.78 is 8.00. The van der Waals surface area contributed by atoms with Crippen molar-refractivity contribution in [3.05, 3.63) is 74.7 Å². The summed E-state index contributed by atoms with van der Waals surface area (Å²) >= 11 is 19.8. The Hall–Kier alpha value is -0.325. The summed E-state index contributed by atoms with van der Waals surface area (Å²) in [4.78, 5) is 30.2. The number of halogens is 4. The van der Waals surface area contributed by atoms with Gasteiger partial charge in [-0.05, 0) is 59.9 Å². The number of fused-ring (bicyclic) bond motifs is 1. The molecule has 3 radical (unpaired) electrons. The molecule has 0 aliphatic rings. The molecule has 38 heavy (non-hydrogen) atoms. The monoisotopic (exact) mass is 790 g/mol. The van der Waals surface area contributed by atoms with E-state index in [2.05, 4.69) is 72.7 Å². The van der Waals surface area contributed by atoms with Gasteiger partial charge < -0.3 is 11.3 Å². The van der Waals surface area contributed by atoms with Crippen LogP contribution in [0.1, 0.15) is 28.7 Å². The molecule has 0 aromatic carbocycles. The number of thiazole rings is 3. The third kappa shape index (κ3) is 12.5. The van der Waals surface area contributed by atoms with Crippen molar-refractivity contribution >= 4 is 119 Å². The van der Waals surface area contributed by atoms with Crippen LogP contribution in [0, 0.1) is 0 Å². The fourth-order valence-electron chi connectivity index (χ4n) is 2.27. The van der Waals surface area contributed by atoms with Crippen molar-refractivity contribution in [3.8, 4) is 5.75 Å². The maximum Gasteiger partial charge on any atom is 1.00 e. The van der Waals surface area contributed by atoms with Gasteiger partial charge in [-0.1, -0.05) is 19.0 Å². The number of aliphatic hydroxyl groups excluding tert-OH is 1. The number of hydrogen-bond donors (Lipinski definition) is 1. The normalized spacial score (nSPS) is 9.39. The quantitative estimate of drug-likeness (QED) is 0.157. The van der Waals surface area contributed by atoms with Crippen LogP contribution in [-0.2, 0) is 13.2 Å². The second-order valence-electron chi connectivity index (χ2n) is 6.05. The first kappa shape index (κ1) is 37.7. The Bertz CT molecular complexity index is 1420. The maximum atomic E-state index is 9.95. The van der Waals surface area contributed by atoms with Crippen LogP contribution in [0.4, 0.5) is 0 Å². The molecule has 0 atom stereocenters. The molecular formula is C21H18BBr3ClN5NaO3S3. The van der Waals surface area contributed by atoms with Gasteiger partial charge in [0.05, 0.1) is 12.8 Å². The Labute approximate surface area is 287 Å². The zero-order valence-corrected chi connectivity index (χ0v) is 28.8. The molecule has 0 bridgehead atoms. The van der Waals surface area contributed by atoms with Crippen LogP contribution in [0.25, 0.3) is 10.9 Å². The van der Waals surface area contributed by atoms with E-state index in [9.17, 15) is 4.79 Å². The van der Waals surface area contributed by atoms with Crippen molar-refractivity contribution in [1.29, 1.82) is 0 Å². The van der Waals surface area contributed by atoms with Crippen LogP contribution < -0.4 is 34.3 Å². The number of carbonyl (C=O) groups excluding carboxylic acids is 1. The number of aliphatic hydroxyl groups is 1. The van der Waals surface area contributed by atoms with Gasteiger partial charge in [0.2, 0.25) is 0 Å². The average molecular weight is 794 g/mol. The van der Waals surface area contributed by atoms with E-state index in [4.69, 9.17) is 21.4 Å². The number of ether oxygens (including phenoxy) is 1. The zero-order valence-electron chi connectivity index (χ0n) is 19.8. The van der Waals surface area contributed by atoms with Gasteiger partial charge in [-0.15, -0.1) is 34.0 Å². The number of aromatic nitrogens is 5. The minimum absolute atomic E-state index is 0. The van der Waals surface area contributed by atoms with Gasteiger partial charge in [-0.3, -0.25) is 4.79 Å². The smallest absolute Gasteiger partial charge is 1.00 e. The molecule has 5 heterocycles. The molecule has 0 saturated carbocycles. The van der Waals surface area contributed by atoms with Crippen LogP contribution in [-0.4, -0.2) is 44.7 Å². The number of pyridine rings is 2. The summed E-state index contributed by atoms with van der Waals surface area (Å²) in [5.74, 6) is 0.682. The van der Waals surface area contributed by atoms with E-state index in [0.717, 1.165) is 35.5 Å². The van der Waals surface area contributed by atoms with Crippen molar-refractivity contribution in [1.82, 2.24) is 24.9 Å². The summed E-state index contributed by atoms with van der Waals surface area (Å²) in [6, 6.07) is 3.74. The molecule has 0 spiro atoms. The van der Waals surface area contributed by atoms with Gasteiger partial charge >= 0.3 is 29.6 Å². The molecule has 0 fully saturated rings. The second kappa shape index (κ2) is 19.7. The van der Waals surface area contributed by atoms with Crippen LogP contribution in [0.5, 0.6) is 5.75 Å². The molecule has 17 heteroatoms. The molecule has 0 aliphatic carbocycles. The van der Waals surface area contributed by atoms with E-state index in [1.54, 1.807) is 29.1 Å². The summed E-state index contributed by atoms with van der Waals surface area (Å²) in [6.07, 6.45) is 4.02. The Balaban J connectivity index is 0. The van der Waals surface area contributed by atoms with Crippen LogP contribution in [0.15, 0.2) is 54.5 Å². The Kier molecular flexibility index (Phi) is 19.5. The van der Waals surface area contributed by atoms with E-state index in [0.29, 0.717) is 28.0 Å². The molecule has 195 valence electrons. The number of aldehydes is 1. The standard InChI is InChI=1S/C12H7BrClN3OS.C4H4BrNOS.C4H2BrNOS.CH4.B.Na.H/c13-9-6-19-10(17-9)5-18-8-3-7-1-2-15-12(14)11(7)16-4-8;2*5-3-2-8-4(1-7)6-3;;;;/h1-4,6H,5H2;2,7H,1H2;1-2H;1H4;;;/q;;;;;+1;-1. The van der Waals surface area contributed by atoms with Gasteiger partial charge in [0, 0.05) is 36.1 Å². The topological polar surface area (TPSA) is 111 Å². The predicted molar refractivity (Wildman–Crippen MR) is 163 cm³/mol. The predicted octanol–water partition coefficient (Wildman–Crippen LogP) is 4.57. The van der Waals surface area contributed by atoms with Crippen LogP contribution in [0.2, 0.25) is 5.15 Å². The van der Waals surface area contributed by atoms with Crippen LogP contribution >= 0.6 is 93.4 Å². The molecule has 0 aliphatic heterocycles. The van der Waals surface area contributed by atoms with E-state index in [-0.39, 0.29) is 53.4 Å². The number of carbonyl (C=O) groups is 1. The van der Waals surface area contributed by atoms with Crippen molar-refractivity contribution in [3.63, 3.8) is 0 Å². The molecular weight excluding hydrogens is 775 g/mol. The summed E-state index contributed by atoms with van der Waals surface area (Å²) in [5.41, 5.74) is 0.675. The summed E-state index contributed by atoms with van der Waals surface area (Å²) in [7, 11) is 0. The van der Waals surface area contributed by atoms with Crippen molar-refractivity contribution in [2.75, 3.05) is 0 Å². The summed E-state index contributed by atoms with van der Waals surface area (Å²) in [6.45, 7) is 0.457. The first-order valence-electron chi connectivity index (χ1n) is 9.28. The molecule has 0 unspecified atom stereocenters. The fourth-order valence-corrected chi connectivity index (χ4v) is 5.85. The Morgan fingerprint density at radius 2 is 1.61 bits per heavy atom. The molecule has 5 aromatic rings. The first-order valence-corrected chi connectivity index (χ1v) is 14.7. The summed E-state index contributed by atoms with van der Waals surface area (Å²) in [5, 5.41) is 17.5. The van der Waals surface area contributed by atoms with Crippen LogP contribution in [0.3, 0.4) is 0 Å². The average Bonchev–Trinajstić information content (AvgIpc) is 3.59. The number of hydrogen-bond acceptors (Lipinski definition) is 11. The van der Waals surface area contributed by atoms with E-state index >= 15 is 0 Å². The van der Waals surface area contributed by atoms with E-state index in [1.807, 2.05) is 22.9 Å². The van der Waals surface area contributed by atoms with E-state index < -0.39 is 0 Å². The fraction of sp³-hybridized carbons (Fsp3) is 0.143.